The number of halogens is 1. The topological polar surface area (TPSA) is 89.5 Å². The molecule has 0 spiro atoms. The van der Waals surface area contributed by atoms with Crippen molar-refractivity contribution in [2.24, 2.45) is 11.8 Å². The maximum absolute atomic E-state index is 14.1. The van der Waals surface area contributed by atoms with Gasteiger partial charge in [0.15, 0.2) is 21.4 Å². The van der Waals surface area contributed by atoms with Gasteiger partial charge in [0.25, 0.3) is 0 Å². The van der Waals surface area contributed by atoms with Crippen LogP contribution in [0.15, 0.2) is 30.4 Å². The Labute approximate surface area is 189 Å². The van der Waals surface area contributed by atoms with Gasteiger partial charge in [0.05, 0.1) is 18.1 Å². The third-order valence-electron chi connectivity index (χ3n) is 6.08. The molecule has 1 saturated carbocycles. The molecule has 2 atom stereocenters. The minimum atomic E-state index is -3.31. The van der Waals surface area contributed by atoms with Crippen molar-refractivity contribution in [1.29, 1.82) is 0 Å². The van der Waals surface area contributed by atoms with Crippen molar-refractivity contribution >= 4 is 21.7 Å². The molecule has 32 heavy (non-hydrogen) atoms. The first-order chi connectivity index (χ1) is 15.3. The molecule has 1 aliphatic heterocycles. The Morgan fingerprint density at radius 3 is 2.69 bits per heavy atom. The molecule has 3 rings (SSSR count). The van der Waals surface area contributed by atoms with Gasteiger partial charge in [-0.25, -0.2) is 12.8 Å². The molecule has 0 bridgehead atoms. The largest absolute Gasteiger partial charge is 0.490 e. The first kappa shape index (κ1) is 24.4. The lowest BCUT2D eigenvalue weighted by atomic mass is 9.95. The zero-order chi connectivity index (χ0) is 23.1. The van der Waals surface area contributed by atoms with Crippen LogP contribution in [-0.4, -0.2) is 38.3 Å². The molecule has 2 amide bonds. The lowest BCUT2D eigenvalue weighted by Crippen LogP contribution is -2.40. The number of benzene rings is 1. The van der Waals surface area contributed by atoms with E-state index in [2.05, 4.69) is 5.32 Å². The SMILES string of the molecule is CC[C@@H](CS(=O)(=O)CC/C=C/C[C@@H]1CCC(=O)NC1=O)c1ccc(F)c(OCC2CC2)c1. The Hall–Kier alpha value is -2.22. The number of carbonyl (C=O) groups is 2. The van der Waals surface area contributed by atoms with Crippen LogP contribution in [-0.2, 0) is 19.4 Å². The number of sulfone groups is 1. The van der Waals surface area contributed by atoms with E-state index in [1.807, 2.05) is 13.0 Å². The summed E-state index contributed by atoms with van der Waals surface area (Å²) in [6.45, 7) is 2.43. The quantitative estimate of drug-likeness (QED) is 0.373. The number of hydrogen-bond donors (Lipinski definition) is 1. The zero-order valence-electron chi connectivity index (χ0n) is 18.5. The Kier molecular flexibility index (Phi) is 8.45. The van der Waals surface area contributed by atoms with Crippen LogP contribution in [0.5, 0.6) is 5.75 Å². The average molecular weight is 466 g/mol. The van der Waals surface area contributed by atoms with Gasteiger partial charge in [-0.2, -0.15) is 0 Å². The predicted octanol–water partition coefficient (Wildman–Crippen LogP) is 3.91. The summed E-state index contributed by atoms with van der Waals surface area (Å²) in [5.41, 5.74) is 0.775. The predicted molar refractivity (Wildman–Crippen MR) is 121 cm³/mol. The number of allylic oxidation sites excluding steroid dienone is 2. The van der Waals surface area contributed by atoms with Gasteiger partial charge in [0.2, 0.25) is 11.8 Å². The number of imide groups is 1. The van der Waals surface area contributed by atoms with Crippen LogP contribution in [0.25, 0.3) is 0 Å². The normalized spacial score (nSPS) is 20.4. The molecule has 2 fully saturated rings. The fourth-order valence-corrected chi connectivity index (χ4v) is 5.51. The molecular weight excluding hydrogens is 433 g/mol. The Balaban J connectivity index is 1.50. The second-order valence-electron chi connectivity index (χ2n) is 8.81. The highest BCUT2D eigenvalue weighted by Gasteiger charge is 2.26. The highest BCUT2D eigenvalue weighted by molar-refractivity contribution is 7.91. The number of rotatable bonds is 12. The lowest BCUT2D eigenvalue weighted by Gasteiger charge is -2.19. The lowest BCUT2D eigenvalue weighted by molar-refractivity contribution is -0.136. The zero-order valence-corrected chi connectivity index (χ0v) is 19.3. The molecule has 1 aromatic carbocycles. The van der Waals surface area contributed by atoms with Gasteiger partial charge in [-0.15, -0.1) is 0 Å². The first-order valence-corrected chi connectivity index (χ1v) is 13.2. The number of piperidine rings is 1. The molecule has 0 unspecified atom stereocenters. The van der Waals surface area contributed by atoms with E-state index in [9.17, 15) is 22.4 Å². The smallest absolute Gasteiger partial charge is 0.229 e. The van der Waals surface area contributed by atoms with Gasteiger partial charge in [-0.3, -0.25) is 14.9 Å². The molecule has 0 aromatic heterocycles. The maximum Gasteiger partial charge on any atom is 0.229 e. The minimum Gasteiger partial charge on any atom is -0.490 e. The molecule has 8 heteroatoms. The van der Waals surface area contributed by atoms with Gasteiger partial charge in [-0.1, -0.05) is 25.1 Å². The second kappa shape index (κ2) is 11.1. The number of nitrogens with one attached hydrogen (secondary N) is 1. The van der Waals surface area contributed by atoms with Crippen LogP contribution >= 0.6 is 0 Å². The summed E-state index contributed by atoms with van der Waals surface area (Å²) < 4.78 is 45.0. The van der Waals surface area contributed by atoms with E-state index in [0.717, 1.165) is 18.4 Å². The Morgan fingerprint density at radius 1 is 1.22 bits per heavy atom. The van der Waals surface area contributed by atoms with Crippen LogP contribution in [0.4, 0.5) is 4.39 Å². The van der Waals surface area contributed by atoms with Gasteiger partial charge in [-0.05, 0) is 68.1 Å². The second-order valence-corrected chi connectivity index (χ2v) is 11.0. The van der Waals surface area contributed by atoms with Crippen molar-refractivity contribution in [3.63, 3.8) is 0 Å². The van der Waals surface area contributed by atoms with E-state index < -0.39 is 15.7 Å². The maximum atomic E-state index is 14.1. The van der Waals surface area contributed by atoms with Gasteiger partial charge in [0.1, 0.15) is 0 Å². The Morgan fingerprint density at radius 2 is 2.00 bits per heavy atom. The van der Waals surface area contributed by atoms with Gasteiger partial charge < -0.3 is 4.74 Å². The number of amides is 2. The molecule has 6 nitrogen and oxygen atoms in total. The summed E-state index contributed by atoms with van der Waals surface area (Å²) in [5.74, 6) is -0.673. The van der Waals surface area contributed by atoms with E-state index >= 15 is 0 Å². The molecule has 1 heterocycles. The van der Waals surface area contributed by atoms with Crippen molar-refractivity contribution in [1.82, 2.24) is 5.32 Å². The number of hydrogen-bond acceptors (Lipinski definition) is 5. The summed E-state index contributed by atoms with van der Waals surface area (Å²) in [7, 11) is -3.31. The minimum absolute atomic E-state index is 0.00181. The average Bonchev–Trinajstić information content (AvgIpc) is 3.57. The van der Waals surface area contributed by atoms with E-state index in [1.54, 1.807) is 18.2 Å². The highest BCUT2D eigenvalue weighted by Crippen LogP contribution is 2.32. The van der Waals surface area contributed by atoms with Gasteiger partial charge in [0, 0.05) is 12.3 Å². The first-order valence-electron chi connectivity index (χ1n) is 11.4. The standard InChI is InChI=1S/C24H32FNO5S/c1-2-18(20-9-11-21(25)22(14-20)31-15-17-7-8-17)16-32(29,30)13-5-3-4-6-19-10-12-23(27)26-24(19)28/h3-4,9,11,14,17-19H,2,5-8,10,12-13,15-16H2,1H3,(H,26,27,28)/b4-3+/t18-,19+/m0/s1. The summed E-state index contributed by atoms with van der Waals surface area (Å²) in [5, 5.41) is 2.32. The summed E-state index contributed by atoms with van der Waals surface area (Å²) in [6.07, 6.45) is 8.17. The van der Waals surface area contributed by atoms with Gasteiger partial charge >= 0.3 is 0 Å². The molecule has 1 aromatic rings. The molecule has 2 aliphatic rings. The summed E-state index contributed by atoms with van der Waals surface area (Å²) in [6, 6.07) is 4.63. The molecule has 176 valence electrons. The monoisotopic (exact) mass is 465 g/mol. The number of ether oxygens (including phenoxy) is 1. The van der Waals surface area contributed by atoms with E-state index in [1.165, 1.54) is 6.07 Å². The Bertz CT molecular complexity index is 955. The van der Waals surface area contributed by atoms with Crippen molar-refractivity contribution in [2.75, 3.05) is 18.1 Å². The summed E-state index contributed by atoms with van der Waals surface area (Å²) in [4.78, 5) is 22.9. The van der Waals surface area contributed by atoms with Crippen molar-refractivity contribution in [2.45, 2.75) is 57.8 Å². The third kappa shape index (κ3) is 7.43. The van der Waals surface area contributed by atoms with Crippen LogP contribution in [0, 0.1) is 17.7 Å². The molecule has 0 radical (unpaired) electrons. The van der Waals surface area contributed by atoms with Crippen LogP contribution < -0.4 is 10.1 Å². The third-order valence-corrected chi connectivity index (χ3v) is 7.85. The van der Waals surface area contributed by atoms with Crippen molar-refractivity contribution in [3.8, 4) is 5.75 Å². The van der Waals surface area contributed by atoms with Crippen LogP contribution in [0.2, 0.25) is 0 Å². The fourth-order valence-electron chi connectivity index (χ4n) is 3.81. The molecule has 1 saturated heterocycles. The number of carbonyl (C=O) groups excluding carboxylic acids is 2. The molecule has 1 aliphatic carbocycles. The molecular formula is C24H32FNO5S. The van der Waals surface area contributed by atoms with E-state index in [0.29, 0.717) is 44.6 Å². The highest BCUT2D eigenvalue weighted by atomic mass is 32.2. The fraction of sp³-hybridized carbons (Fsp3) is 0.583. The molecule has 1 N–H and O–H groups in total. The van der Waals surface area contributed by atoms with Crippen LogP contribution in [0.1, 0.15) is 63.4 Å². The van der Waals surface area contributed by atoms with E-state index in [-0.39, 0.29) is 40.9 Å². The van der Waals surface area contributed by atoms with Crippen molar-refractivity contribution in [3.05, 3.63) is 41.7 Å². The van der Waals surface area contributed by atoms with E-state index in [4.69, 9.17) is 4.74 Å². The van der Waals surface area contributed by atoms with Crippen molar-refractivity contribution < 1.29 is 27.1 Å². The summed E-state index contributed by atoms with van der Waals surface area (Å²) >= 11 is 0. The van der Waals surface area contributed by atoms with Crippen LogP contribution in [0.3, 0.4) is 0 Å².